The maximum absolute atomic E-state index is 12.7. The summed E-state index contributed by atoms with van der Waals surface area (Å²) < 4.78 is 5.57. The molecule has 3 aromatic rings. The zero-order valence-electron chi connectivity index (χ0n) is 24.7. The number of H-pyrrole nitrogens is 1. The Labute approximate surface area is 248 Å². The number of anilines is 1. The lowest BCUT2D eigenvalue weighted by molar-refractivity contribution is -0.127. The van der Waals surface area contributed by atoms with E-state index in [1.165, 1.54) is 13.5 Å². The van der Waals surface area contributed by atoms with Crippen molar-refractivity contribution in [3.05, 3.63) is 76.7 Å². The van der Waals surface area contributed by atoms with Crippen LogP contribution < -0.4 is 10.5 Å². The van der Waals surface area contributed by atoms with E-state index >= 15 is 0 Å². The van der Waals surface area contributed by atoms with Gasteiger partial charge in [-0.15, -0.1) is 0 Å². The first kappa shape index (κ1) is 31.0. The van der Waals surface area contributed by atoms with E-state index in [0.29, 0.717) is 30.6 Å². The number of nitrogen functional groups attached to an aromatic ring is 1. The summed E-state index contributed by atoms with van der Waals surface area (Å²) in [7, 11) is 1.49. The van der Waals surface area contributed by atoms with E-state index in [1.807, 2.05) is 42.6 Å². The fourth-order valence-electron chi connectivity index (χ4n) is 6.08. The number of nitrogens with two attached hydrogens (primary N) is 1. The number of aliphatic hydroxyl groups excluding tert-OH is 1. The molecule has 4 rings (SSSR count). The Kier molecular flexibility index (Phi) is 10.6. The summed E-state index contributed by atoms with van der Waals surface area (Å²) in [4.78, 5) is 32.6. The molecule has 2 atom stereocenters. The number of hydrogen-bond acceptors (Lipinski definition) is 7. The predicted molar refractivity (Wildman–Crippen MR) is 165 cm³/mol. The molecule has 2 unspecified atom stereocenters. The number of nitrogens with zero attached hydrogens (tertiary/aromatic N) is 1. The number of aromatic nitrogens is 2. The van der Waals surface area contributed by atoms with Gasteiger partial charge >= 0.3 is 0 Å². The number of nitrogens with one attached hydrogen (secondary N) is 1. The maximum atomic E-state index is 12.7. The lowest BCUT2D eigenvalue weighted by atomic mass is 9.63. The van der Waals surface area contributed by atoms with Gasteiger partial charge in [0, 0.05) is 53.4 Å². The number of unbranched alkanes of at least 4 members (excludes halogenated alkanes) is 4. The zero-order valence-corrected chi connectivity index (χ0v) is 24.7. The van der Waals surface area contributed by atoms with Crippen molar-refractivity contribution in [1.29, 1.82) is 0 Å². The average Bonchev–Trinajstić information content (AvgIpc) is 3.49. The van der Waals surface area contributed by atoms with Crippen LogP contribution >= 0.6 is 0 Å². The van der Waals surface area contributed by atoms with E-state index in [-0.39, 0.29) is 42.5 Å². The number of aromatic hydroxyl groups is 1. The minimum atomic E-state index is -0.813. The van der Waals surface area contributed by atoms with Crippen LogP contribution in [-0.2, 0) is 22.4 Å². The molecule has 5 N–H and O–H groups in total. The number of carbonyl (C=O) groups is 2. The monoisotopic (exact) mass is 573 g/mol. The van der Waals surface area contributed by atoms with Crippen LogP contribution in [0.25, 0.3) is 6.08 Å². The minimum Gasteiger partial charge on any atom is -0.504 e. The molecule has 0 amide bonds. The molecule has 224 valence electrons. The number of phenols is 1. The number of ether oxygens (including phenoxy) is 1. The summed E-state index contributed by atoms with van der Waals surface area (Å²) in [6, 6.07) is 9.35. The summed E-state index contributed by atoms with van der Waals surface area (Å²) in [5.41, 5.74) is 9.32. The Bertz CT molecular complexity index is 1400. The number of ketones is 2. The van der Waals surface area contributed by atoms with Gasteiger partial charge in [-0.3, -0.25) is 9.59 Å². The van der Waals surface area contributed by atoms with E-state index in [2.05, 4.69) is 16.9 Å². The summed E-state index contributed by atoms with van der Waals surface area (Å²) in [5, 5.41) is 22.4. The highest BCUT2D eigenvalue weighted by Gasteiger charge is 2.44. The second-order valence-electron chi connectivity index (χ2n) is 11.4. The molecule has 0 saturated carbocycles. The van der Waals surface area contributed by atoms with Crippen molar-refractivity contribution in [2.45, 2.75) is 77.0 Å². The van der Waals surface area contributed by atoms with Crippen LogP contribution in [0.3, 0.4) is 0 Å². The van der Waals surface area contributed by atoms with E-state index < -0.39 is 11.3 Å². The first-order chi connectivity index (χ1) is 20.3. The van der Waals surface area contributed by atoms with Crippen LogP contribution in [0.1, 0.15) is 92.2 Å². The molecule has 8 nitrogen and oxygen atoms in total. The standard InChI is InChI=1S/C34H43N3O5/c1-3-4-5-6-7-10-25(39)20-26(40)12-11-23-18-29(32(41)30(19-23)42-2)31-27-14-17-37-33(35)28(27)13-15-34(31,22-38)21-24-9-8-16-36-24/h8-9,13-19,31,36,38,41H,3-7,10-12,20-22H2,1-2H3,(H2,35,37). The molecule has 0 aliphatic heterocycles. The Morgan fingerprint density at radius 3 is 2.60 bits per heavy atom. The van der Waals surface area contributed by atoms with Crippen LogP contribution in [-0.4, -0.2) is 45.5 Å². The minimum absolute atomic E-state index is 0.00526. The number of methoxy groups -OCH3 is 1. The van der Waals surface area contributed by atoms with Crippen LogP contribution in [0, 0.1) is 5.41 Å². The van der Waals surface area contributed by atoms with Crippen LogP contribution in [0.4, 0.5) is 5.82 Å². The first-order valence-electron chi connectivity index (χ1n) is 14.9. The highest BCUT2D eigenvalue weighted by atomic mass is 16.5. The first-order valence-corrected chi connectivity index (χ1v) is 14.9. The van der Waals surface area contributed by atoms with Crippen molar-refractivity contribution in [3.8, 4) is 11.5 Å². The summed E-state index contributed by atoms with van der Waals surface area (Å²) in [5.74, 6) is 0.0239. The number of carbonyl (C=O) groups excluding carboxylic acids is 2. The molecule has 2 aromatic heterocycles. The number of fused-ring (bicyclic) bond motifs is 1. The third-order valence-electron chi connectivity index (χ3n) is 8.34. The quantitative estimate of drug-likeness (QED) is 0.123. The molecule has 0 spiro atoms. The Morgan fingerprint density at radius 1 is 1.10 bits per heavy atom. The van der Waals surface area contributed by atoms with Gasteiger partial charge in [0.15, 0.2) is 11.5 Å². The van der Waals surface area contributed by atoms with Crippen molar-refractivity contribution in [1.82, 2.24) is 9.97 Å². The van der Waals surface area contributed by atoms with Gasteiger partial charge in [-0.25, -0.2) is 4.98 Å². The lowest BCUT2D eigenvalue weighted by Crippen LogP contribution is -2.36. The number of hydrogen-bond donors (Lipinski definition) is 4. The third-order valence-corrected chi connectivity index (χ3v) is 8.34. The van der Waals surface area contributed by atoms with Gasteiger partial charge in [0.2, 0.25) is 0 Å². The SMILES string of the molecule is CCCCCCCC(=O)CC(=O)CCc1cc(OC)c(O)c(C2c3ccnc(N)c3C=CC2(CO)Cc2ccc[nH]2)c1. The van der Waals surface area contributed by atoms with E-state index in [4.69, 9.17) is 10.5 Å². The second-order valence-corrected chi connectivity index (χ2v) is 11.4. The molecule has 0 fully saturated rings. The molecule has 8 heteroatoms. The van der Waals surface area contributed by atoms with Crippen LogP contribution in [0.5, 0.6) is 11.5 Å². The largest absolute Gasteiger partial charge is 0.504 e. The van der Waals surface area contributed by atoms with Crippen molar-refractivity contribution in [2.24, 2.45) is 5.41 Å². The number of Topliss-reactive ketones (excluding diaryl/α,β-unsaturated/α-hetero) is 2. The number of aromatic amines is 1. The maximum Gasteiger partial charge on any atom is 0.161 e. The highest BCUT2D eigenvalue weighted by molar-refractivity contribution is 5.99. The number of aryl methyl sites for hydroxylation is 1. The summed E-state index contributed by atoms with van der Waals surface area (Å²) in [6.45, 7) is 1.96. The molecule has 1 aliphatic carbocycles. The lowest BCUT2D eigenvalue weighted by Gasteiger charge is -2.41. The van der Waals surface area contributed by atoms with Gasteiger partial charge in [0.1, 0.15) is 17.4 Å². The van der Waals surface area contributed by atoms with Gasteiger partial charge in [-0.2, -0.15) is 0 Å². The third kappa shape index (κ3) is 7.10. The van der Waals surface area contributed by atoms with Crippen molar-refractivity contribution < 1.29 is 24.5 Å². The molecule has 0 saturated heterocycles. The molecule has 2 heterocycles. The fourth-order valence-corrected chi connectivity index (χ4v) is 6.08. The van der Waals surface area contributed by atoms with Crippen LogP contribution in [0.15, 0.2) is 48.8 Å². The van der Waals surface area contributed by atoms with Crippen LogP contribution in [0.2, 0.25) is 0 Å². The van der Waals surface area contributed by atoms with Crippen molar-refractivity contribution in [2.75, 3.05) is 19.5 Å². The van der Waals surface area contributed by atoms with E-state index in [0.717, 1.165) is 48.1 Å². The molecule has 1 aromatic carbocycles. The molecule has 0 radical (unpaired) electrons. The Balaban J connectivity index is 1.62. The van der Waals surface area contributed by atoms with Gasteiger partial charge in [-0.1, -0.05) is 50.8 Å². The van der Waals surface area contributed by atoms with Crippen molar-refractivity contribution >= 4 is 23.5 Å². The molecule has 1 aliphatic rings. The number of pyridine rings is 1. The molecule has 0 bridgehead atoms. The number of rotatable bonds is 16. The highest BCUT2D eigenvalue weighted by Crippen LogP contribution is 2.53. The van der Waals surface area contributed by atoms with E-state index in [1.54, 1.807) is 12.3 Å². The van der Waals surface area contributed by atoms with Gasteiger partial charge in [0.25, 0.3) is 0 Å². The Morgan fingerprint density at radius 2 is 1.88 bits per heavy atom. The second kappa shape index (κ2) is 14.3. The van der Waals surface area contributed by atoms with Gasteiger partial charge in [0.05, 0.1) is 20.1 Å². The van der Waals surface area contributed by atoms with E-state index in [9.17, 15) is 19.8 Å². The molecular weight excluding hydrogens is 530 g/mol. The average molecular weight is 574 g/mol. The van der Waals surface area contributed by atoms with Crippen molar-refractivity contribution in [3.63, 3.8) is 0 Å². The summed E-state index contributed by atoms with van der Waals surface area (Å²) >= 11 is 0. The topological polar surface area (TPSA) is 139 Å². The fraction of sp³-hybridized carbons (Fsp3) is 0.441. The molecular formula is C34H43N3O5. The van der Waals surface area contributed by atoms with Gasteiger partial charge in [-0.05, 0) is 54.7 Å². The molecule has 42 heavy (non-hydrogen) atoms. The normalized spacial score (nSPS) is 17.6. The zero-order chi connectivity index (χ0) is 30.1. The van der Waals surface area contributed by atoms with Gasteiger partial charge < -0.3 is 25.7 Å². The predicted octanol–water partition coefficient (Wildman–Crippen LogP) is 5.91. The Hall–Kier alpha value is -3.91. The number of benzene rings is 1. The smallest absolute Gasteiger partial charge is 0.161 e. The summed E-state index contributed by atoms with van der Waals surface area (Å²) in [6.07, 6.45) is 14.1. The number of phenolic OH excluding ortho intramolecular Hbond substituents is 1. The number of aliphatic hydroxyl groups is 1.